The number of nitrogens with one attached hydrogen (secondary N) is 1. The minimum atomic E-state index is 0. The van der Waals surface area contributed by atoms with Gasteiger partial charge in [-0.2, -0.15) is 0 Å². The standard InChI is InChI=1S/C14H24N2O.ClH/c17-14(13-7-3-4-8-15-13)16-9-11-5-1-2-6-12(11)10-16;/h11-13,15H,1-10H2;1H/t11?,12?,13-;/m1./s1. The molecular formula is C14H25ClN2O. The topological polar surface area (TPSA) is 32.3 Å². The lowest BCUT2D eigenvalue weighted by Crippen LogP contribution is -2.47. The van der Waals surface area contributed by atoms with Crippen molar-refractivity contribution in [1.82, 2.24) is 10.2 Å². The molecule has 2 aliphatic heterocycles. The fourth-order valence-electron chi connectivity index (χ4n) is 3.87. The van der Waals surface area contributed by atoms with Crippen LogP contribution in [0.3, 0.4) is 0 Å². The average Bonchev–Trinajstić information content (AvgIpc) is 2.82. The Kier molecular flexibility index (Phi) is 4.91. The van der Waals surface area contributed by atoms with E-state index in [-0.39, 0.29) is 18.4 Å². The summed E-state index contributed by atoms with van der Waals surface area (Å²) in [6.45, 7) is 3.11. The van der Waals surface area contributed by atoms with Gasteiger partial charge >= 0.3 is 0 Å². The maximum absolute atomic E-state index is 12.4. The second kappa shape index (κ2) is 6.25. The highest BCUT2D eigenvalue weighted by molar-refractivity contribution is 5.85. The van der Waals surface area contributed by atoms with Gasteiger partial charge in [-0.1, -0.05) is 19.3 Å². The van der Waals surface area contributed by atoms with Crippen LogP contribution in [-0.4, -0.2) is 36.5 Å². The first-order valence-electron chi connectivity index (χ1n) is 7.37. The molecule has 3 rings (SSSR count). The first-order chi connectivity index (χ1) is 8.34. The van der Waals surface area contributed by atoms with Gasteiger partial charge in [-0.05, 0) is 44.1 Å². The van der Waals surface area contributed by atoms with Gasteiger partial charge in [0.25, 0.3) is 0 Å². The Bertz CT molecular complexity index is 278. The van der Waals surface area contributed by atoms with Gasteiger partial charge in [-0.15, -0.1) is 12.4 Å². The van der Waals surface area contributed by atoms with Gasteiger partial charge in [0, 0.05) is 13.1 Å². The Labute approximate surface area is 116 Å². The average molecular weight is 273 g/mol. The van der Waals surface area contributed by atoms with Gasteiger partial charge in [-0.3, -0.25) is 4.79 Å². The molecule has 0 aromatic heterocycles. The number of likely N-dealkylation sites (tertiary alicyclic amines) is 1. The van der Waals surface area contributed by atoms with Gasteiger partial charge < -0.3 is 10.2 Å². The summed E-state index contributed by atoms with van der Waals surface area (Å²) in [6, 6.07) is 0.129. The van der Waals surface area contributed by atoms with Crippen molar-refractivity contribution >= 4 is 18.3 Å². The molecule has 0 aromatic rings. The van der Waals surface area contributed by atoms with Crippen molar-refractivity contribution in [2.24, 2.45) is 11.8 Å². The molecule has 104 valence electrons. The van der Waals surface area contributed by atoms with E-state index in [9.17, 15) is 4.79 Å². The van der Waals surface area contributed by atoms with Crippen molar-refractivity contribution in [3.8, 4) is 0 Å². The smallest absolute Gasteiger partial charge is 0.239 e. The van der Waals surface area contributed by atoms with E-state index in [4.69, 9.17) is 0 Å². The number of nitrogens with zero attached hydrogens (tertiary/aromatic N) is 1. The number of rotatable bonds is 1. The largest absolute Gasteiger partial charge is 0.341 e. The first-order valence-corrected chi connectivity index (χ1v) is 7.37. The van der Waals surface area contributed by atoms with E-state index < -0.39 is 0 Å². The quantitative estimate of drug-likeness (QED) is 0.794. The predicted molar refractivity (Wildman–Crippen MR) is 74.9 cm³/mol. The highest BCUT2D eigenvalue weighted by Crippen LogP contribution is 2.36. The third kappa shape index (κ3) is 2.83. The minimum Gasteiger partial charge on any atom is -0.341 e. The molecule has 3 atom stereocenters. The molecule has 0 bridgehead atoms. The van der Waals surface area contributed by atoms with E-state index >= 15 is 0 Å². The van der Waals surface area contributed by atoms with Gasteiger partial charge in [0.05, 0.1) is 6.04 Å². The number of fused-ring (bicyclic) bond motifs is 1. The molecule has 1 aliphatic carbocycles. The summed E-state index contributed by atoms with van der Waals surface area (Å²) in [4.78, 5) is 14.6. The van der Waals surface area contributed by atoms with Gasteiger partial charge in [-0.25, -0.2) is 0 Å². The van der Waals surface area contributed by atoms with Gasteiger partial charge in [0.2, 0.25) is 5.91 Å². The molecular weight excluding hydrogens is 248 g/mol. The Hall–Kier alpha value is -0.280. The molecule has 0 spiro atoms. The van der Waals surface area contributed by atoms with Crippen molar-refractivity contribution in [1.29, 1.82) is 0 Å². The third-order valence-corrected chi connectivity index (χ3v) is 4.90. The van der Waals surface area contributed by atoms with Crippen LogP contribution in [0.15, 0.2) is 0 Å². The Morgan fingerprint density at radius 3 is 2.11 bits per heavy atom. The summed E-state index contributed by atoms with van der Waals surface area (Å²) in [5, 5.41) is 3.39. The number of piperidine rings is 1. The fourth-order valence-corrected chi connectivity index (χ4v) is 3.87. The second-order valence-electron chi connectivity index (χ2n) is 6.05. The summed E-state index contributed by atoms with van der Waals surface area (Å²) in [5.74, 6) is 2.02. The minimum absolute atomic E-state index is 0. The maximum Gasteiger partial charge on any atom is 0.239 e. The van der Waals surface area contributed by atoms with E-state index in [0.29, 0.717) is 5.91 Å². The number of hydrogen-bond donors (Lipinski definition) is 1. The van der Waals surface area contributed by atoms with Crippen molar-refractivity contribution < 1.29 is 4.79 Å². The van der Waals surface area contributed by atoms with Crippen LogP contribution in [0.4, 0.5) is 0 Å². The molecule has 18 heavy (non-hydrogen) atoms. The van der Waals surface area contributed by atoms with Gasteiger partial charge in [0.15, 0.2) is 0 Å². The third-order valence-electron chi connectivity index (χ3n) is 4.90. The van der Waals surface area contributed by atoms with Crippen molar-refractivity contribution in [2.45, 2.75) is 51.0 Å². The fraction of sp³-hybridized carbons (Fsp3) is 0.929. The van der Waals surface area contributed by atoms with Gasteiger partial charge in [0.1, 0.15) is 0 Å². The van der Waals surface area contributed by atoms with E-state index in [0.717, 1.165) is 37.9 Å². The van der Waals surface area contributed by atoms with Crippen molar-refractivity contribution in [2.75, 3.05) is 19.6 Å². The maximum atomic E-state index is 12.4. The van der Waals surface area contributed by atoms with Crippen LogP contribution < -0.4 is 5.32 Å². The number of hydrogen-bond acceptors (Lipinski definition) is 2. The summed E-state index contributed by atoms with van der Waals surface area (Å²) in [5.41, 5.74) is 0. The summed E-state index contributed by atoms with van der Waals surface area (Å²) in [6.07, 6.45) is 8.96. The molecule has 3 fully saturated rings. The van der Waals surface area contributed by atoms with Crippen molar-refractivity contribution in [3.63, 3.8) is 0 Å². The second-order valence-corrected chi connectivity index (χ2v) is 6.05. The molecule has 0 radical (unpaired) electrons. The van der Waals surface area contributed by atoms with Crippen molar-refractivity contribution in [3.05, 3.63) is 0 Å². The molecule has 1 saturated carbocycles. The number of carbonyl (C=O) groups is 1. The summed E-state index contributed by atoms with van der Waals surface area (Å²) >= 11 is 0. The molecule has 3 nitrogen and oxygen atoms in total. The van der Waals surface area contributed by atoms with Crippen LogP contribution in [0.5, 0.6) is 0 Å². The lowest BCUT2D eigenvalue weighted by molar-refractivity contribution is -0.133. The van der Waals surface area contributed by atoms with Crippen LogP contribution in [-0.2, 0) is 4.79 Å². The van der Waals surface area contributed by atoms with E-state index in [2.05, 4.69) is 10.2 Å². The lowest BCUT2D eigenvalue weighted by atomic mass is 9.82. The number of carbonyl (C=O) groups excluding carboxylic acids is 1. The molecule has 4 heteroatoms. The number of amides is 1. The zero-order chi connectivity index (χ0) is 11.7. The van der Waals surface area contributed by atoms with Crippen LogP contribution in [0.2, 0.25) is 0 Å². The van der Waals surface area contributed by atoms with E-state index in [1.165, 1.54) is 38.5 Å². The Morgan fingerprint density at radius 1 is 0.944 bits per heavy atom. The van der Waals surface area contributed by atoms with E-state index in [1.54, 1.807) is 0 Å². The Morgan fingerprint density at radius 2 is 1.56 bits per heavy atom. The molecule has 3 aliphatic rings. The van der Waals surface area contributed by atoms with Crippen LogP contribution in [0.25, 0.3) is 0 Å². The first kappa shape index (κ1) is 14.1. The lowest BCUT2D eigenvalue weighted by Gasteiger charge is -2.27. The zero-order valence-electron chi connectivity index (χ0n) is 11.1. The molecule has 1 N–H and O–H groups in total. The molecule has 2 unspecified atom stereocenters. The summed E-state index contributed by atoms with van der Waals surface area (Å²) in [7, 11) is 0. The molecule has 1 amide bonds. The van der Waals surface area contributed by atoms with Crippen LogP contribution >= 0.6 is 12.4 Å². The number of halogens is 1. The van der Waals surface area contributed by atoms with Crippen LogP contribution in [0.1, 0.15) is 44.9 Å². The zero-order valence-corrected chi connectivity index (χ0v) is 11.9. The monoisotopic (exact) mass is 272 g/mol. The highest BCUT2D eigenvalue weighted by atomic mass is 35.5. The highest BCUT2D eigenvalue weighted by Gasteiger charge is 2.38. The molecule has 2 saturated heterocycles. The van der Waals surface area contributed by atoms with E-state index in [1.807, 2.05) is 0 Å². The predicted octanol–water partition coefficient (Wildman–Crippen LogP) is 2.20. The normalized spacial score (nSPS) is 35.8. The SMILES string of the molecule is Cl.O=C([C@H]1CCCCN1)N1CC2CCCCC2C1. The molecule has 0 aromatic carbocycles. The Balaban J connectivity index is 0.00000120. The summed E-state index contributed by atoms with van der Waals surface area (Å²) < 4.78 is 0. The molecule has 2 heterocycles. The van der Waals surface area contributed by atoms with Crippen LogP contribution in [0, 0.1) is 11.8 Å².